The maximum Gasteiger partial charge on any atom is 0.228 e. The monoisotopic (exact) mass is 343 g/mol. The summed E-state index contributed by atoms with van der Waals surface area (Å²) in [5.41, 5.74) is 1.57. The maximum atomic E-state index is 13.0. The van der Waals surface area contributed by atoms with E-state index in [2.05, 4.69) is 10.2 Å². The Labute approximate surface area is 147 Å². The highest BCUT2D eigenvalue weighted by molar-refractivity contribution is 5.87. The van der Waals surface area contributed by atoms with E-state index in [1.807, 2.05) is 29.2 Å². The van der Waals surface area contributed by atoms with Gasteiger partial charge in [0.2, 0.25) is 5.91 Å². The van der Waals surface area contributed by atoms with Crippen LogP contribution in [-0.2, 0) is 20.7 Å². The molecule has 1 aromatic heterocycles. The normalized spacial score (nSPS) is 29.1. The van der Waals surface area contributed by atoms with Crippen LogP contribution >= 0.6 is 0 Å². The predicted molar refractivity (Wildman–Crippen MR) is 94.3 cm³/mol. The molecule has 0 bridgehead atoms. The molecule has 0 radical (unpaired) electrons. The van der Waals surface area contributed by atoms with E-state index in [0.717, 1.165) is 48.8 Å². The van der Waals surface area contributed by atoms with Gasteiger partial charge in [0.25, 0.3) is 0 Å². The molecule has 1 aliphatic heterocycles. The van der Waals surface area contributed by atoms with Gasteiger partial charge in [-0.15, -0.1) is 0 Å². The zero-order chi connectivity index (χ0) is 17.4. The minimum absolute atomic E-state index is 0.0953. The second-order valence-electron chi connectivity index (χ2n) is 7.15. The molecule has 1 N–H and O–H groups in total. The van der Waals surface area contributed by atoms with Crippen LogP contribution in [0.15, 0.2) is 24.3 Å². The van der Waals surface area contributed by atoms with E-state index in [-0.39, 0.29) is 23.7 Å². The lowest BCUT2D eigenvalue weighted by Crippen LogP contribution is -2.53. The SMILES string of the molecule is CO[C@@H]1CC[C@]2(OC)CCN(C(=O)Cc3[nH]nc4ccccc34)[C@@H]2C1. The van der Waals surface area contributed by atoms with E-state index in [1.165, 1.54) is 0 Å². The van der Waals surface area contributed by atoms with Gasteiger partial charge in [0.1, 0.15) is 0 Å². The number of ether oxygens (including phenoxy) is 2. The number of hydrogen-bond acceptors (Lipinski definition) is 4. The van der Waals surface area contributed by atoms with Crippen molar-refractivity contribution in [3.63, 3.8) is 0 Å². The van der Waals surface area contributed by atoms with Gasteiger partial charge in [-0.1, -0.05) is 18.2 Å². The molecule has 1 saturated carbocycles. The fourth-order valence-electron chi connectivity index (χ4n) is 4.58. The molecule has 25 heavy (non-hydrogen) atoms. The maximum absolute atomic E-state index is 13.0. The van der Waals surface area contributed by atoms with Crippen LogP contribution in [0.1, 0.15) is 31.4 Å². The summed E-state index contributed by atoms with van der Waals surface area (Å²) in [6, 6.07) is 7.98. The summed E-state index contributed by atoms with van der Waals surface area (Å²) in [5.74, 6) is 0.134. The van der Waals surface area contributed by atoms with Gasteiger partial charge in [-0.05, 0) is 31.7 Å². The summed E-state index contributed by atoms with van der Waals surface area (Å²) < 4.78 is 11.5. The van der Waals surface area contributed by atoms with Gasteiger partial charge in [-0.3, -0.25) is 9.89 Å². The van der Waals surface area contributed by atoms with Crippen molar-refractivity contribution in [2.24, 2.45) is 0 Å². The average molecular weight is 343 g/mol. The third-order valence-electron chi connectivity index (χ3n) is 6.06. The van der Waals surface area contributed by atoms with Crippen molar-refractivity contribution in [3.05, 3.63) is 30.0 Å². The molecule has 6 heteroatoms. The predicted octanol–water partition coefficient (Wildman–Crippen LogP) is 2.29. The van der Waals surface area contributed by atoms with Crippen molar-refractivity contribution < 1.29 is 14.3 Å². The lowest BCUT2D eigenvalue weighted by molar-refractivity contribution is -0.140. The van der Waals surface area contributed by atoms with Gasteiger partial charge in [-0.2, -0.15) is 5.10 Å². The molecule has 2 heterocycles. The molecule has 0 unspecified atom stereocenters. The Kier molecular flexibility index (Phi) is 4.25. The van der Waals surface area contributed by atoms with Crippen LogP contribution in [0, 0.1) is 0 Å². The number of nitrogens with one attached hydrogen (secondary N) is 1. The molecule has 134 valence electrons. The standard InChI is InChI=1S/C19H25N3O3/c1-24-13-7-8-19(25-2)9-10-22(17(19)11-13)18(23)12-16-14-5-3-4-6-15(14)20-21-16/h3-6,13,17H,7-12H2,1-2H3,(H,20,21)/t13-,17-,19+/m1/s1. The van der Waals surface area contributed by atoms with Crippen LogP contribution in [0.5, 0.6) is 0 Å². The number of carbonyl (C=O) groups is 1. The minimum Gasteiger partial charge on any atom is -0.381 e. The number of carbonyl (C=O) groups excluding carboxylic acids is 1. The Morgan fingerprint density at radius 2 is 2.20 bits per heavy atom. The Bertz CT molecular complexity index is 774. The second-order valence-corrected chi connectivity index (χ2v) is 7.15. The van der Waals surface area contributed by atoms with Gasteiger partial charge in [-0.25, -0.2) is 0 Å². The van der Waals surface area contributed by atoms with E-state index in [0.29, 0.717) is 6.42 Å². The van der Waals surface area contributed by atoms with E-state index < -0.39 is 0 Å². The van der Waals surface area contributed by atoms with E-state index >= 15 is 0 Å². The third kappa shape index (κ3) is 2.73. The summed E-state index contributed by atoms with van der Waals surface area (Å²) in [6.07, 6.45) is 4.24. The number of H-pyrrole nitrogens is 1. The van der Waals surface area contributed by atoms with Crippen LogP contribution < -0.4 is 0 Å². The molecule has 2 aliphatic rings. The fraction of sp³-hybridized carbons (Fsp3) is 0.579. The average Bonchev–Trinajstić information content (AvgIpc) is 3.23. The Hall–Kier alpha value is -1.92. The highest BCUT2D eigenvalue weighted by Crippen LogP contribution is 2.43. The van der Waals surface area contributed by atoms with Crippen molar-refractivity contribution in [1.82, 2.24) is 15.1 Å². The number of benzene rings is 1. The number of hydrogen-bond donors (Lipinski definition) is 1. The smallest absolute Gasteiger partial charge is 0.228 e. The Balaban J connectivity index is 1.55. The number of amides is 1. The summed E-state index contributed by atoms with van der Waals surface area (Å²) in [4.78, 5) is 15.1. The molecule has 1 aromatic carbocycles. The van der Waals surface area contributed by atoms with Crippen molar-refractivity contribution in [3.8, 4) is 0 Å². The lowest BCUT2D eigenvalue weighted by atomic mass is 9.79. The summed E-state index contributed by atoms with van der Waals surface area (Å²) in [6.45, 7) is 0.750. The number of nitrogens with zero attached hydrogens (tertiary/aromatic N) is 2. The highest BCUT2D eigenvalue weighted by atomic mass is 16.5. The topological polar surface area (TPSA) is 67.5 Å². The molecule has 6 nitrogen and oxygen atoms in total. The van der Waals surface area contributed by atoms with Gasteiger partial charge >= 0.3 is 0 Å². The highest BCUT2D eigenvalue weighted by Gasteiger charge is 2.52. The Morgan fingerprint density at radius 1 is 1.36 bits per heavy atom. The number of aromatic nitrogens is 2. The zero-order valence-electron chi connectivity index (χ0n) is 14.8. The number of rotatable bonds is 4. The van der Waals surface area contributed by atoms with Crippen LogP contribution in [0.2, 0.25) is 0 Å². The van der Waals surface area contributed by atoms with E-state index in [1.54, 1.807) is 14.2 Å². The first-order chi connectivity index (χ1) is 12.2. The van der Waals surface area contributed by atoms with Crippen LogP contribution in [-0.4, -0.2) is 59.5 Å². The first-order valence-electron chi connectivity index (χ1n) is 8.96. The number of fused-ring (bicyclic) bond motifs is 2. The fourth-order valence-corrected chi connectivity index (χ4v) is 4.58. The summed E-state index contributed by atoms with van der Waals surface area (Å²) in [7, 11) is 3.53. The Morgan fingerprint density at radius 3 is 3.00 bits per heavy atom. The molecular weight excluding hydrogens is 318 g/mol. The van der Waals surface area contributed by atoms with Crippen molar-refractivity contribution in [2.75, 3.05) is 20.8 Å². The van der Waals surface area contributed by atoms with Gasteiger partial charge in [0, 0.05) is 26.2 Å². The third-order valence-corrected chi connectivity index (χ3v) is 6.06. The second kappa shape index (κ2) is 6.42. The number of methoxy groups -OCH3 is 2. The lowest BCUT2D eigenvalue weighted by Gasteiger charge is -2.43. The van der Waals surface area contributed by atoms with Crippen molar-refractivity contribution in [1.29, 1.82) is 0 Å². The molecule has 2 aromatic rings. The number of likely N-dealkylation sites (tertiary alicyclic amines) is 1. The summed E-state index contributed by atoms with van der Waals surface area (Å²) in [5, 5.41) is 8.34. The molecule has 1 saturated heterocycles. The quantitative estimate of drug-likeness (QED) is 0.925. The van der Waals surface area contributed by atoms with Gasteiger partial charge in [0.15, 0.2) is 0 Å². The van der Waals surface area contributed by atoms with Crippen LogP contribution in [0.3, 0.4) is 0 Å². The molecular formula is C19H25N3O3. The first kappa shape index (κ1) is 16.5. The molecule has 3 atom stereocenters. The van der Waals surface area contributed by atoms with E-state index in [9.17, 15) is 4.79 Å². The van der Waals surface area contributed by atoms with Crippen LogP contribution in [0.4, 0.5) is 0 Å². The first-order valence-corrected chi connectivity index (χ1v) is 8.96. The zero-order valence-corrected chi connectivity index (χ0v) is 14.8. The number of para-hydroxylation sites is 1. The van der Waals surface area contributed by atoms with Crippen molar-refractivity contribution >= 4 is 16.8 Å². The van der Waals surface area contributed by atoms with Gasteiger partial charge < -0.3 is 14.4 Å². The van der Waals surface area contributed by atoms with Crippen molar-refractivity contribution in [2.45, 2.75) is 49.9 Å². The minimum atomic E-state index is -0.208. The molecule has 1 aliphatic carbocycles. The van der Waals surface area contributed by atoms with Crippen LogP contribution in [0.25, 0.3) is 10.9 Å². The van der Waals surface area contributed by atoms with E-state index in [4.69, 9.17) is 9.47 Å². The molecule has 2 fully saturated rings. The van der Waals surface area contributed by atoms with Gasteiger partial charge in [0.05, 0.1) is 35.4 Å². The largest absolute Gasteiger partial charge is 0.381 e. The summed E-state index contributed by atoms with van der Waals surface area (Å²) >= 11 is 0. The molecule has 0 spiro atoms. The number of aromatic amines is 1. The molecule has 1 amide bonds. The molecule has 4 rings (SSSR count).